The molecule has 32 heavy (non-hydrogen) atoms. The quantitative estimate of drug-likeness (QED) is 0.672. The van der Waals surface area contributed by atoms with E-state index in [1.54, 1.807) is 22.7 Å². The number of anilines is 2. The van der Waals surface area contributed by atoms with Crippen molar-refractivity contribution in [2.45, 2.75) is 39.2 Å². The lowest BCUT2D eigenvalue weighted by molar-refractivity contribution is -0.129. The SMILES string of the molecule is CC(=O)N1CCc2[nH]nc(N3CC(CC(F)F)Cc4cc(-c5cnn(C)c5)ccc43)c2C1. The summed E-state index contributed by atoms with van der Waals surface area (Å²) in [7, 11) is 1.87. The number of hydrogen-bond donors (Lipinski definition) is 1. The van der Waals surface area contributed by atoms with Gasteiger partial charge in [0.2, 0.25) is 12.3 Å². The number of carbonyl (C=O) groups is 1. The molecule has 0 saturated carbocycles. The molecule has 1 atom stereocenters. The molecule has 0 spiro atoms. The lowest BCUT2D eigenvalue weighted by Gasteiger charge is -2.36. The molecule has 0 radical (unpaired) electrons. The third-order valence-electron chi connectivity index (χ3n) is 6.48. The van der Waals surface area contributed by atoms with Crippen molar-refractivity contribution in [2.24, 2.45) is 13.0 Å². The summed E-state index contributed by atoms with van der Waals surface area (Å²) in [6.45, 7) is 3.18. The maximum Gasteiger partial charge on any atom is 0.239 e. The van der Waals surface area contributed by atoms with Crippen molar-refractivity contribution >= 4 is 17.4 Å². The molecule has 168 valence electrons. The summed E-state index contributed by atoms with van der Waals surface area (Å²) >= 11 is 0. The number of nitrogens with zero attached hydrogens (tertiary/aromatic N) is 5. The van der Waals surface area contributed by atoms with Crippen molar-refractivity contribution in [3.8, 4) is 11.1 Å². The molecule has 9 heteroatoms. The van der Waals surface area contributed by atoms with Gasteiger partial charge in [-0.15, -0.1) is 0 Å². The van der Waals surface area contributed by atoms with E-state index in [0.717, 1.165) is 39.5 Å². The largest absolute Gasteiger partial charge is 0.338 e. The van der Waals surface area contributed by atoms with E-state index >= 15 is 0 Å². The highest BCUT2D eigenvalue weighted by atomic mass is 19.3. The van der Waals surface area contributed by atoms with E-state index in [-0.39, 0.29) is 18.2 Å². The average molecular weight is 440 g/mol. The van der Waals surface area contributed by atoms with Crippen LogP contribution in [0.2, 0.25) is 0 Å². The molecule has 3 aromatic rings. The first kappa shape index (κ1) is 20.7. The van der Waals surface area contributed by atoms with Gasteiger partial charge >= 0.3 is 0 Å². The molecule has 0 aliphatic carbocycles. The third-order valence-corrected chi connectivity index (χ3v) is 6.48. The molecule has 5 rings (SSSR count). The third kappa shape index (κ3) is 3.76. The van der Waals surface area contributed by atoms with Gasteiger partial charge < -0.3 is 9.80 Å². The van der Waals surface area contributed by atoms with Crippen molar-refractivity contribution < 1.29 is 13.6 Å². The van der Waals surface area contributed by atoms with Crippen LogP contribution in [0.15, 0.2) is 30.6 Å². The summed E-state index contributed by atoms with van der Waals surface area (Å²) in [5.74, 6) is 0.574. The van der Waals surface area contributed by atoms with Crippen molar-refractivity contribution in [1.29, 1.82) is 0 Å². The minimum absolute atomic E-state index is 0.0264. The summed E-state index contributed by atoms with van der Waals surface area (Å²) < 4.78 is 28.4. The Balaban J connectivity index is 1.55. The fourth-order valence-corrected chi connectivity index (χ4v) is 4.88. The van der Waals surface area contributed by atoms with Crippen LogP contribution in [-0.4, -0.2) is 50.3 Å². The molecule has 4 heterocycles. The number of amides is 1. The molecule has 1 aromatic carbocycles. The fourth-order valence-electron chi connectivity index (χ4n) is 4.88. The number of carbonyl (C=O) groups excluding carboxylic acids is 1. The summed E-state index contributed by atoms with van der Waals surface area (Å²) in [5.41, 5.74) is 6.01. The van der Waals surface area contributed by atoms with Crippen molar-refractivity contribution in [3.05, 3.63) is 47.4 Å². The summed E-state index contributed by atoms with van der Waals surface area (Å²) in [5, 5.41) is 11.9. The number of halogens is 2. The molecule has 2 aliphatic rings. The number of aromatic amines is 1. The Labute approximate surface area is 185 Å². The van der Waals surface area contributed by atoms with Gasteiger partial charge in [-0.3, -0.25) is 14.6 Å². The number of benzene rings is 1. The number of hydrogen-bond acceptors (Lipinski definition) is 4. The van der Waals surface area contributed by atoms with Gasteiger partial charge in [-0.05, 0) is 35.6 Å². The van der Waals surface area contributed by atoms with Gasteiger partial charge in [0.05, 0.1) is 12.7 Å². The number of fused-ring (bicyclic) bond motifs is 2. The van der Waals surface area contributed by atoms with Crippen LogP contribution < -0.4 is 4.90 Å². The highest BCUT2D eigenvalue weighted by Crippen LogP contribution is 2.41. The molecule has 1 N–H and O–H groups in total. The Bertz CT molecular complexity index is 1150. The first-order chi connectivity index (χ1) is 15.4. The maximum atomic E-state index is 13.3. The van der Waals surface area contributed by atoms with Crippen LogP contribution in [0.3, 0.4) is 0 Å². The molecule has 7 nitrogen and oxygen atoms in total. The van der Waals surface area contributed by atoms with E-state index in [9.17, 15) is 13.6 Å². The average Bonchev–Trinajstić information content (AvgIpc) is 3.38. The van der Waals surface area contributed by atoms with Crippen LogP contribution in [0.25, 0.3) is 11.1 Å². The minimum Gasteiger partial charge on any atom is -0.338 e. The minimum atomic E-state index is -2.36. The topological polar surface area (TPSA) is 70.1 Å². The normalized spacial score (nSPS) is 18.1. The van der Waals surface area contributed by atoms with Crippen LogP contribution in [0, 0.1) is 5.92 Å². The van der Waals surface area contributed by atoms with E-state index < -0.39 is 6.43 Å². The molecular weight excluding hydrogens is 414 g/mol. The van der Waals surface area contributed by atoms with E-state index in [1.165, 1.54) is 0 Å². The fraction of sp³-hybridized carbons (Fsp3) is 0.435. The van der Waals surface area contributed by atoms with Crippen LogP contribution in [0.4, 0.5) is 20.3 Å². The molecule has 0 bridgehead atoms. The second-order valence-corrected chi connectivity index (χ2v) is 8.75. The first-order valence-corrected chi connectivity index (χ1v) is 10.9. The highest BCUT2D eigenvalue weighted by molar-refractivity contribution is 5.76. The van der Waals surface area contributed by atoms with Gasteiger partial charge in [-0.25, -0.2) is 8.78 Å². The molecule has 1 amide bonds. The zero-order chi connectivity index (χ0) is 22.4. The second kappa shape index (κ2) is 8.03. The molecular formula is C23H26F2N6O. The van der Waals surface area contributed by atoms with Gasteiger partial charge in [-0.1, -0.05) is 6.07 Å². The summed E-state index contributed by atoms with van der Waals surface area (Å²) in [6, 6.07) is 6.16. The van der Waals surface area contributed by atoms with E-state index in [1.807, 2.05) is 25.4 Å². The van der Waals surface area contributed by atoms with Crippen molar-refractivity contribution in [3.63, 3.8) is 0 Å². The second-order valence-electron chi connectivity index (χ2n) is 8.75. The van der Waals surface area contributed by atoms with Gasteiger partial charge in [0.15, 0.2) is 5.82 Å². The lowest BCUT2D eigenvalue weighted by Crippen LogP contribution is -2.36. The van der Waals surface area contributed by atoms with Crippen LogP contribution in [0.1, 0.15) is 30.2 Å². The first-order valence-electron chi connectivity index (χ1n) is 10.9. The number of alkyl halides is 2. The van der Waals surface area contributed by atoms with Crippen LogP contribution >= 0.6 is 0 Å². The molecule has 0 saturated heterocycles. The van der Waals surface area contributed by atoms with Gasteiger partial charge in [0, 0.05) is 68.6 Å². The Kier molecular flexibility index (Phi) is 5.19. The van der Waals surface area contributed by atoms with E-state index in [2.05, 4.69) is 26.3 Å². The number of H-pyrrole nitrogens is 1. The van der Waals surface area contributed by atoms with Crippen LogP contribution in [-0.2, 0) is 31.2 Å². The Morgan fingerprint density at radius 1 is 1.31 bits per heavy atom. The van der Waals surface area contributed by atoms with E-state index in [4.69, 9.17) is 0 Å². The summed E-state index contributed by atoms with van der Waals surface area (Å²) in [4.78, 5) is 15.8. The molecule has 2 aromatic heterocycles. The number of rotatable bonds is 4. The molecule has 0 fully saturated rings. The number of aryl methyl sites for hydroxylation is 1. The van der Waals surface area contributed by atoms with E-state index in [0.29, 0.717) is 32.5 Å². The van der Waals surface area contributed by atoms with Gasteiger partial charge in [0.1, 0.15) is 0 Å². The lowest BCUT2D eigenvalue weighted by atomic mass is 9.88. The predicted molar refractivity (Wildman–Crippen MR) is 117 cm³/mol. The number of aromatic nitrogens is 4. The molecule has 1 unspecified atom stereocenters. The zero-order valence-electron chi connectivity index (χ0n) is 18.2. The monoisotopic (exact) mass is 440 g/mol. The maximum absolute atomic E-state index is 13.3. The van der Waals surface area contributed by atoms with Crippen LogP contribution in [0.5, 0.6) is 0 Å². The van der Waals surface area contributed by atoms with Crippen molar-refractivity contribution in [2.75, 3.05) is 18.0 Å². The Morgan fingerprint density at radius 3 is 2.88 bits per heavy atom. The van der Waals surface area contributed by atoms with Gasteiger partial charge in [-0.2, -0.15) is 10.2 Å². The zero-order valence-corrected chi connectivity index (χ0v) is 18.2. The smallest absolute Gasteiger partial charge is 0.239 e. The highest BCUT2D eigenvalue weighted by Gasteiger charge is 2.33. The van der Waals surface area contributed by atoms with Crippen molar-refractivity contribution in [1.82, 2.24) is 24.9 Å². The van der Waals surface area contributed by atoms with Gasteiger partial charge in [0.25, 0.3) is 0 Å². The standard InChI is InChI=1S/C23H26F2N6O/c1-14(32)30-6-5-20-19(13-30)23(28-27-20)31-11-15(8-22(24)25)7-17-9-16(3-4-21(17)31)18-10-26-29(2)12-18/h3-4,9-10,12,15,22H,5-8,11,13H2,1-2H3,(H,27,28). The summed E-state index contributed by atoms with van der Waals surface area (Å²) in [6.07, 6.45) is 2.54. The predicted octanol–water partition coefficient (Wildman–Crippen LogP) is 3.68. The Hall–Kier alpha value is -3.23. The Morgan fingerprint density at radius 2 is 2.16 bits per heavy atom. The number of nitrogens with one attached hydrogen (secondary N) is 1. The molecule has 2 aliphatic heterocycles.